The minimum Gasteiger partial charge on any atom is -0.454 e. The number of rotatable bonds is 3. The summed E-state index contributed by atoms with van der Waals surface area (Å²) in [5, 5.41) is 0. The van der Waals surface area contributed by atoms with Crippen molar-refractivity contribution in [2.45, 2.75) is 6.92 Å². The van der Waals surface area contributed by atoms with Gasteiger partial charge in [0.2, 0.25) is 0 Å². The maximum atomic E-state index is 11.2. The van der Waals surface area contributed by atoms with Gasteiger partial charge in [0, 0.05) is 0 Å². The van der Waals surface area contributed by atoms with Crippen molar-refractivity contribution in [1.82, 2.24) is 0 Å². The van der Waals surface area contributed by atoms with Crippen molar-refractivity contribution >= 4 is 27.5 Å². The fourth-order valence-corrected chi connectivity index (χ4v) is 2.23. The summed E-state index contributed by atoms with van der Waals surface area (Å²) in [6, 6.07) is 10.6. The van der Waals surface area contributed by atoms with Gasteiger partial charge < -0.3 is 16.2 Å². The van der Waals surface area contributed by atoms with Crippen LogP contribution >= 0.6 is 15.9 Å². The number of primary amides is 1. The molecule has 0 aromatic heterocycles. The molecule has 0 atom stereocenters. The number of para-hydroxylation sites is 1. The first kappa shape index (κ1) is 13.4. The summed E-state index contributed by atoms with van der Waals surface area (Å²) in [6.45, 7) is 1.98. The average molecular weight is 321 g/mol. The van der Waals surface area contributed by atoms with Gasteiger partial charge in [0.15, 0.2) is 5.75 Å². The number of nitrogens with two attached hydrogens (primary N) is 2. The van der Waals surface area contributed by atoms with Crippen LogP contribution in [0.15, 0.2) is 40.9 Å². The van der Waals surface area contributed by atoms with Crippen LogP contribution < -0.4 is 16.2 Å². The molecule has 2 aromatic carbocycles. The van der Waals surface area contributed by atoms with E-state index in [4.69, 9.17) is 16.2 Å². The van der Waals surface area contributed by atoms with E-state index in [1.165, 1.54) is 0 Å². The van der Waals surface area contributed by atoms with Crippen molar-refractivity contribution in [3.05, 3.63) is 52.0 Å². The van der Waals surface area contributed by atoms with E-state index in [1.54, 1.807) is 18.2 Å². The zero-order valence-electron chi connectivity index (χ0n) is 10.3. The number of benzene rings is 2. The van der Waals surface area contributed by atoms with Crippen molar-refractivity contribution in [2.24, 2.45) is 5.73 Å². The zero-order valence-corrected chi connectivity index (χ0v) is 11.9. The number of amides is 1. The number of carbonyl (C=O) groups is 1. The molecule has 0 aliphatic carbocycles. The molecule has 0 spiro atoms. The topological polar surface area (TPSA) is 78.3 Å². The standard InChI is InChI=1S/C14H13BrN2O2/c1-8-5-6-11(10(15)7-8)19-12-4-2-3-9(13(12)16)14(17)18/h2-7H,16H2,1H3,(H2,17,18). The molecule has 4 nitrogen and oxygen atoms in total. The predicted octanol–water partition coefficient (Wildman–Crippen LogP) is 3.23. The Morgan fingerprint density at radius 1 is 1.21 bits per heavy atom. The summed E-state index contributed by atoms with van der Waals surface area (Å²) in [7, 11) is 0. The first-order valence-electron chi connectivity index (χ1n) is 5.61. The molecule has 0 bridgehead atoms. The minimum atomic E-state index is -0.578. The second-order valence-electron chi connectivity index (χ2n) is 4.12. The van der Waals surface area contributed by atoms with Crippen LogP contribution in [0.2, 0.25) is 0 Å². The zero-order chi connectivity index (χ0) is 14.0. The molecule has 1 amide bonds. The van der Waals surface area contributed by atoms with E-state index in [2.05, 4.69) is 15.9 Å². The van der Waals surface area contributed by atoms with Gasteiger partial charge in [-0.15, -0.1) is 0 Å². The van der Waals surface area contributed by atoms with Crippen LogP contribution in [0.1, 0.15) is 15.9 Å². The highest BCUT2D eigenvalue weighted by atomic mass is 79.9. The molecule has 4 N–H and O–H groups in total. The molecule has 2 rings (SSSR count). The summed E-state index contributed by atoms with van der Waals surface area (Å²) in [5.74, 6) is 0.450. The first-order valence-corrected chi connectivity index (χ1v) is 6.40. The van der Waals surface area contributed by atoms with Crippen LogP contribution in [0, 0.1) is 6.92 Å². The molecule has 0 aliphatic rings. The summed E-state index contributed by atoms with van der Waals surface area (Å²) >= 11 is 3.42. The molecule has 0 heterocycles. The SMILES string of the molecule is Cc1ccc(Oc2cccc(C(N)=O)c2N)c(Br)c1. The molecule has 19 heavy (non-hydrogen) atoms. The third-order valence-electron chi connectivity index (χ3n) is 2.64. The second kappa shape index (κ2) is 5.32. The Morgan fingerprint density at radius 2 is 1.95 bits per heavy atom. The van der Waals surface area contributed by atoms with Crippen LogP contribution in [0.4, 0.5) is 5.69 Å². The highest BCUT2D eigenvalue weighted by molar-refractivity contribution is 9.10. The Kier molecular flexibility index (Phi) is 3.76. The molecule has 0 saturated carbocycles. The Labute approximate surface area is 119 Å². The van der Waals surface area contributed by atoms with Gasteiger partial charge in [0.1, 0.15) is 5.75 Å². The van der Waals surface area contributed by atoms with Crippen LogP contribution in [0.25, 0.3) is 0 Å². The second-order valence-corrected chi connectivity index (χ2v) is 4.97. The molecule has 98 valence electrons. The number of aryl methyl sites for hydroxylation is 1. The van der Waals surface area contributed by atoms with Crippen molar-refractivity contribution in [1.29, 1.82) is 0 Å². The number of hydrogen-bond donors (Lipinski definition) is 2. The monoisotopic (exact) mass is 320 g/mol. The Balaban J connectivity index is 2.38. The third kappa shape index (κ3) is 2.88. The number of carbonyl (C=O) groups excluding carboxylic acids is 1. The highest BCUT2D eigenvalue weighted by Crippen LogP contribution is 2.34. The van der Waals surface area contributed by atoms with Crippen molar-refractivity contribution in [3.63, 3.8) is 0 Å². The van der Waals surface area contributed by atoms with E-state index in [9.17, 15) is 4.79 Å². The molecule has 0 fully saturated rings. The van der Waals surface area contributed by atoms with Gasteiger partial charge >= 0.3 is 0 Å². The van der Waals surface area contributed by atoms with Crippen LogP contribution in [-0.2, 0) is 0 Å². The summed E-state index contributed by atoms with van der Waals surface area (Å²) < 4.78 is 6.52. The van der Waals surface area contributed by atoms with E-state index in [0.29, 0.717) is 11.5 Å². The molecular formula is C14H13BrN2O2. The lowest BCUT2D eigenvalue weighted by molar-refractivity contribution is 0.100. The molecule has 0 unspecified atom stereocenters. The van der Waals surface area contributed by atoms with Crippen LogP contribution in [0.5, 0.6) is 11.5 Å². The van der Waals surface area contributed by atoms with E-state index >= 15 is 0 Å². The normalized spacial score (nSPS) is 10.2. The number of halogens is 1. The van der Waals surface area contributed by atoms with Gasteiger partial charge in [-0.2, -0.15) is 0 Å². The number of hydrogen-bond acceptors (Lipinski definition) is 3. The predicted molar refractivity (Wildman–Crippen MR) is 78.3 cm³/mol. The summed E-state index contributed by atoms with van der Waals surface area (Å²) in [5.41, 5.74) is 12.7. The minimum absolute atomic E-state index is 0.238. The third-order valence-corrected chi connectivity index (χ3v) is 3.26. The fourth-order valence-electron chi connectivity index (χ4n) is 1.65. The smallest absolute Gasteiger partial charge is 0.250 e. The maximum Gasteiger partial charge on any atom is 0.250 e. The molecule has 0 radical (unpaired) electrons. The van der Waals surface area contributed by atoms with E-state index < -0.39 is 5.91 Å². The summed E-state index contributed by atoms with van der Waals surface area (Å²) in [4.78, 5) is 11.2. The highest BCUT2D eigenvalue weighted by Gasteiger charge is 2.12. The van der Waals surface area contributed by atoms with Crippen LogP contribution in [0.3, 0.4) is 0 Å². The first-order chi connectivity index (χ1) is 8.99. The molecule has 2 aromatic rings. The lowest BCUT2D eigenvalue weighted by Gasteiger charge is -2.12. The molecule has 0 aliphatic heterocycles. The number of anilines is 1. The lowest BCUT2D eigenvalue weighted by Crippen LogP contribution is -2.13. The maximum absolute atomic E-state index is 11.2. The van der Waals surface area contributed by atoms with Gasteiger partial charge in [0.25, 0.3) is 5.91 Å². The van der Waals surface area contributed by atoms with Crippen molar-refractivity contribution in [3.8, 4) is 11.5 Å². The van der Waals surface area contributed by atoms with Gasteiger partial charge in [-0.1, -0.05) is 12.1 Å². The molecule has 0 saturated heterocycles. The number of ether oxygens (including phenoxy) is 1. The Bertz CT molecular complexity index is 641. The number of nitrogen functional groups attached to an aromatic ring is 1. The fraction of sp³-hybridized carbons (Fsp3) is 0.0714. The largest absolute Gasteiger partial charge is 0.454 e. The molecule has 5 heteroatoms. The van der Waals surface area contributed by atoms with E-state index in [0.717, 1.165) is 10.0 Å². The lowest BCUT2D eigenvalue weighted by atomic mass is 10.1. The Hall–Kier alpha value is -2.01. The Morgan fingerprint density at radius 3 is 2.58 bits per heavy atom. The van der Waals surface area contributed by atoms with Crippen molar-refractivity contribution in [2.75, 3.05) is 5.73 Å². The van der Waals surface area contributed by atoms with Gasteiger partial charge in [-0.05, 0) is 52.7 Å². The summed E-state index contributed by atoms with van der Waals surface area (Å²) in [6.07, 6.45) is 0. The van der Waals surface area contributed by atoms with Crippen LogP contribution in [-0.4, -0.2) is 5.91 Å². The quantitative estimate of drug-likeness (QED) is 0.852. The average Bonchev–Trinajstić information content (AvgIpc) is 2.34. The molecular weight excluding hydrogens is 308 g/mol. The van der Waals surface area contributed by atoms with Gasteiger partial charge in [0.05, 0.1) is 15.7 Å². The van der Waals surface area contributed by atoms with Gasteiger partial charge in [-0.3, -0.25) is 4.79 Å². The van der Waals surface area contributed by atoms with Gasteiger partial charge in [-0.25, -0.2) is 0 Å². The van der Waals surface area contributed by atoms with E-state index in [1.807, 2.05) is 25.1 Å². The van der Waals surface area contributed by atoms with Crippen molar-refractivity contribution < 1.29 is 9.53 Å². The van der Waals surface area contributed by atoms with E-state index in [-0.39, 0.29) is 11.3 Å².